The minimum absolute atomic E-state index is 0.357. The van der Waals surface area contributed by atoms with Gasteiger partial charge in [-0.1, -0.05) is 137 Å². The molecule has 0 fully saturated rings. The minimum Gasteiger partial charge on any atom is -0.467 e. The molecule has 0 radical (unpaired) electrons. The molecule has 25 heavy (non-hydrogen) atoms. The molecule has 0 amide bonds. The maximum Gasteiger partial charge on any atom is 0.345 e. The molecule has 0 aliphatic carbocycles. The van der Waals surface area contributed by atoms with Gasteiger partial charge in [-0.25, -0.2) is 4.79 Å². The van der Waals surface area contributed by atoms with E-state index < -0.39 is 14.6 Å². The first kappa shape index (κ1) is 25.6. The average Bonchev–Trinajstić information content (AvgIpc) is 2.57. The Morgan fingerprint density at radius 2 is 1.08 bits per heavy atom. The van der Waals surface area contributed by atoms with Gasteiger partial charge < -0.3 is 4.74 Å². The fraction of sp³-hybridized carbons (Fsp3) is 0.947. The van der Waals surface area contributed by atoms with Crippen molar-refractivity contribution in [2.45, 2.75) is 105 Å². The van der Waals surface area contributed by atoms with Gasteiger partial charge in [0.05, 0.1) is 7.11 Å². The highest BCUT2D eigenvalue weighted by molar-refractivity contribution is 6.68. The highest BCUT2D eigenvalue weighted by Crippen LogP contribution is 2.46. The number of ether oxygens (including phenoxy) is 1. The second-order valence-corrected chi connectivity index (χ2v) is 9.57. The minimum atomic E-state index is -1.94. The highest BCUT2D eigenvalue weighted by atomic mass is 35.5. The Morgan fingerprint density at radius 3 is 1.44 bits per heavy atom. The first-order valence-corrected chi connectivity index (χ1v) is 11.1. The van der Waals surface area contributed by atoms with Crippen molar-refractivity contribution in [1.29, 1.82) is 0 Å². The van der Waals surface area contributed by atoms with Gasteiger partial charge in [-0.15, -0.1) is 0 Å². The number of rotatable bonds is 16. The van der Waals surface area contributed by atoms with E-state index in [2.05, 4.69) is 11.7 Å². The normalized spacial score (nSPS) is 12.4. The van der Waals surface area contributed by atoms with E-state index in [0.29, 0.717) is 6.42 Å². The second kappa shape index (κ2) is 14.7. The fourth-order valence-electron chi connectivity index (χ4n) is 2.80. The van der Waals surface area contributed by atoms with Crippen LogP contribution in [0.5, 0.6) is 0 Å². The topological polar surface area (TPSA) is 26.3 Å². The molecule has 6 heteroatoms. The molecule has 0 aromatic rings. The Labute approximate surface area is 174 Å². The van der Waals surface area contributed by atoms with Gasteiger partial charge in [-0.3, -0.25) is 0 Å². The molecule has 0 aliphatic heterocycles. The standard InChI is InChI=1S/C19H34Cl4O2/c1-3-4-5-6-7-8-9-10-11-12-13-14-15-16-18(20,21)19(22,23)17(24)25-2/h3-16H2,1-2H3. The lowest BCUT2D eigenvalue weighted by molar-refractivity contribution is -0.141. The fourth-order valence-corrected chi connectivity index (χ4v) is 3.56. The molecule has 0 aromatic heterocycles. The summed E-state index contributed by atoms with van der Waals surface area (Å²) in [6, 6.07) is 0. The van der Waals surface area contributed by atoms with Crippen LogP contribution in [0, 0.1) is 0 Å². The molecule has 0 aliphatic rings. The van der Waals surface area contributed by atoms with E-state index in [0.717, 1.165) is 19.3 Å². The Kier molecular flexibility index (Phi) is 15.0. The first-order chi connectivity index (χ1) is 11.8. The zero-order valence-electron chi connectivity index (χ0n) is 15.7. The lowest BCUT2D eigenvalue weighted by Gasteiger charge is -2.30. The first-order valence-electron chi connectivity index (χ1n) is 9.63. The molecule has 0 bridgehead atoms. The molecule has 0 heterocycles. The van der Waals surface area contributed by atoms with Gasteiger partial charge in [0, 0.05) is 0 Å². The summed E-state index contributed by atoms with van der Waals surface area (Å²) in [4.78, 5) is 11.6. The van der Waals surface area contributed by atoms with Crippen molar-refractivity contribution >= 4 is 52.4 Å². The summed E-state index contributed by atoms with van der Waals surface area (Å²) in [5.41, 5.74) is 0. The zero-order valence-corrected chi connectivity index (χ0v) is 18.8. The van der Waals surface area contributed by atoms with E-state index in [4.69, 9.17) is 46.4 Å². The number of alkyl halides is 4. The zero-order chi connectivity index (χ0) is 19.2. The number of unbranched alkanes of at least 4 members (excludes halogenated alkanes) is 12. The molecule has 0 spiro atoms. The lowest BCUT2D eigenvalue weighted by Crippen LogP contribution is -2.44. The van der Waals surface area contributed by atoms with Crippen LogP contribution in [0.15, 0.2) is 0 Å². The van der Waals surface area contributed by atoms with Gasteiger partial charge in [0.2, 0.25) is 4.33 Å². The van der Waals surface area contributed by atoms with Gasteiger partial charge >= 0.3 is 5.97 Å². The number of methoxy groups -OCH3 is 1. The van der Waals surface area contributed by atoms with Crippen molar-refractivity contribution in [2.75, 3.05) is 7.11 Å². The molecular formula is C19H34Cl4O2. The Morgan fingerprint density at radius 1 is 0.720 bits per heavy atom. The van der Waals surface area contributed by atoms with E-state index in [1.54, 1.807) is 0 Å². The van der Waals surface area contributed by atoms with Gasteiger partial charge in [0.15, 0.2) is 4.33 Å². The summed E-state index contributed by atoms with van der Waals surface area (Å²) in [6.45, 7) is 2.25. The summed E-state index contributed by atoms with van der Waals surface area (Å²) >= 11 is 24.2. The van der Waals surface area contributed by atoms with Crippen LogP contribution in [0.4, 0.5) is 0 Å². The van der Waals surface area contributed by atoms with Crippen LogP contribution in [-0.4, -0.2) is 21.7 Å². The van der Waals surface area contributed by atoms with Crippen molar-refractivity contribution in [3.63, 3.8) is 0 Å². The van der Waals surface area contributed by atoms with Crippen LogP contribution >= 0.6 is 46.4 Å². The van der Waals surface area contributed by atoms with Crippen LogP contribution < -0.4 is 0 Å². The summed E-state index contributed by atoms with van der Waals surface area (Å²) in [6.07, 6.45) is 16.7. The number of hydrogen-bond acceptors (Lipinski definition) is 2. The van der Waals surface area contributed by atoms with E-state index in [1.165, 1.54) is 71.3 Å². The monoisotopic (exact) mass is 434 g/mol. The summed E-state index contributed by atoms with van der Waals surface area (Å²) < 4.78 is 1.07. The number of hydrogen-bond donors (Lipinski definition) is 0. The van der Waals surface area contributed by atoms with Crippen molar-refractivity contribution in [2.24, 2.45) is 0 Å². The third kappa shape index (κ3) is 11.2. The third-order valence-electron chi connectivity index (χ3n) is 4.50. The maximum absolute atomic E-state index is 11.6. The average molecular weight is 436 g/mol. The SMILES string of the molecule is CCCCCCCCCCCCCCCC(Cl)(Cl)C(Cl)(Cl)C(=O)OC. The van der Waals surface area contributed by atoms with Crippen molar-refractivity contribution in [1.82, 2.24) is 0 Å². The largest absolute Gasteiger partial charge is 0.467 e. The summed E-state index contributed by atoms with van der Waals surface area (Å²) in [5, 5.41) is 0. The van der Waals surface area contributed by atoms with E-state index in [-0.39, 0.29) is 0 Å². The summed E-state index contributed by atoms with van der Waals surface area (Å²) in [7, 11) is 1.21. The molecule has 0 rings (SSSR count). The molecule has 0 N–H and O–H groups in total. The van der Waals surface area contributed by atoms with Crippen LogP contribution in [0.3, 0.4) is 0 Å². The van der Waals surface area contributed by atoms with Gasteiger partial charge in [-0.05, 0) is 6.42 Å². The Balaban J connectivity index is 3.59. The number of carbonyl (C=O) groups excluding carboxylic acids is 1. The predicted octanol–water partition coefficient (Wildman–Crippen LogP) is 7.99. The van der Waals surface area contributed by atoms with Crippen molar-refractivity contribution < 1.29 is 9.53 Å². The van der Waals surface area contributed by atoms with Crippen LogP contribution in [-0.2, 0) is 9.53 Å². The van der Waals surface area contributed by atoms with Gasteiger partial charge in [0.1, 0.15) is 0 Å². The Hall–Kier alpha value is 0.630. The predicted molar refractivity (Wildman–Crippen MR) is 111 cm³/mol. The van der Waals surface area contributed by atoms with E-state index >= 15 is 0 Å². The quantitative estimate of drug-likeness (QED) is 0.139. The van der Waals surface area contributed by atoms with Crippen LogP contribution in [0.25, 0.3) is 0 Å². The highest BCUT2D eigenvalue weighted by Gasteiger charge is 2.53. The number of halogens is 4. The molecule has 150 valence electrons. The molecule has 0 aromatic carbocycles. The second-order valence-electron chi connectivity index (χ2n) is 6.76. The van der Waals surface area contributed by atoms with Crippen LogP contribution in [0.1, 0.15) is 96.8 Å². The maximum atomic E-state index is 11.6. The molecule has 0 saturated heterocycles. The number of carbonyl (C=O) groups is 1. The molecule has 0 atom stereocenters. The van der Waals surface area contributed by atoms with Crippen molar-refractivity contribution in [3.8, 4) is 0 Å². The van der Waals surface area contributed by atoms with Gasteiger partial charge in [0.25, 0.3) is 0 Å². The molecule has 0 unspecified atom stereocenters. The Bertz CT molecular complexity index is 346. The number of esters is 1. The molecule has 2 nitrogen and oxygen atoms in total. The molecule has 0 saturated carbocycles. The summed E-state index contributed by atoms with van der Waals surface area (Å²) in [5.74, 6) is -0.824. The van der Waals surface area contributed by atoms with Gasteiger partial charge in [-0.2, -0.15) is 0 Å². The van der Waals surface area contributed by atoms with E-state index in [9.17, 15) is 4.79 Å². The van der Waals surface area contributed by atoms with E-state index in [1.807, 2.05) is 0 Å². The third-order valence-corrected chi connectivity index (χ3v) is 6.78. The van der Waals surface area contributed by atoms with Crippen molar-refractivity contribution in [3.05, 3.63) is 0 Å². The molecular weight excluding hydrogens is 402 g/mol. The lowest BCUT2D eigenvalue weighted by atomic mass is 10.0. The smallest absolute Gasteiger partial charge is 0.345 e. The van der Waals surface area contributed by atoms with Crippen LogP contribution in [0.2, 0.25) is 0 Å².